The second kappa shape index (κ2) is 6.94. The summed E-state index contributed by atoms with van der Waals surface area (Å²) >= 11 is 6.17. The van der Waals surface area contributed by atoms with Crippen LogP contribution in [0.15, 0.2) is 12.4 Å². The normalized spacial score (nSPS) is 18.0. The highest BCUT2D eigenvalue weighted by molar-refractivity contribution is 6.18. The molecule has 1 aromatic heterocycles. The Morgan fingerprint density at radius 2 is 2.11 bits per heavy atom. The third-order valence-electron chi connectivity index (χ3n) is 3.53. The molecule has 1 N–H and O–H groups in total. The van der Waals surface area contributed by atoms with Gasteiger partial charge in [-0.05, 0) is 19.3 Å². The average Bonchev–Trinajstić information content (AvgIpc) is 2.46. The van der Waals surface area contributed by atoms with Crippen LogP contribution in [0.3, 0.4) is 0 Å². The zero-order valence-corrected chi connectivity index (χ0v) is 12.2. The first kappa shape index (κ1) is 14.4. The fourth-order valence-corrected chi connectivity index (χ4v) is 2.81. The van der Waals surface area contributed by atoms with Gasteiger partial charge in [0.15, 0.2) is 0 Å². The van der Waals surface area contributed by atoms with E-state index in [0.717, 1.165) is 25.1 Å². The molecule has 1 aromatic rings. The molecule has 0 saturated heterocycles. The number of aromatic nitrogens is 2. The second-order valence-electron chi connectivity index (χ2n) is 5.19. The minimum absolute atomic E-state index is 0.0299. The number of rotatable bonds is 6. The number of hydrogen-bond donors (Lipinski definition) is 1. The number of alkyl halides is 1. The molecule has 0 amide bonds. The summed E-state index contributed by atoms with van der Waals surface area (Å²) in [6, 6.07) is 0. The Bertz CT molecular complexity index is 394. The molecule has 19 heavy (non-hydrogen) atoms. The molecule has 0 spiro atoms. The molecule has 4 nitrogen and oxygen atoms in total. The summed E-state index contributed by atoms with van der Waals surface area (Å²) in [5.74, 6) is 1.94. The fraction of sp³-hybridized carbons (Fsp3) is 0.714. The molecule has 0 bridgehead atoms. The maximum atomic E-state index is 6.17. The van der Waals surface area contributed by atoms with Crippen LogP contribution < -0.4 is 10.1 Å². The molecule has 1 aliphatic rings. The zero-order valence-electron chi connectivity index (χ0n) is 11.5. The Hall–Kier alpha value is -1.03. The molecule has 0 aliphatic heterocycles. The average molecular weight is 284 g/mol. The molecule has 1 heterocycles. The molecule has 0 radical (unpaired) electrons. The van der Waals surface area contributed by atoms with Gasteiger partial charge in [-0.2, -0.15) is 4.98 Å². The molecule has 106 valence electrons. The van der Waals surface area contributed by atoms with E-state index in [4.69, 9.17) is 16.3 Å². The first-order valence-electron chi connectivity index (χ1n) is 7.07. The number of anilines is 1. The minimum Gasteiger partial charge on any atom is -0.477 e. The van der Waals surface area contributed by atoms with Crippen molar-refractivity contribution in [1.29, 1.82) is 0 Å². The van der Waals surface area contributed by atoms with E-state index in [0.29, 0.717) is 18.4 Å². The summed E-state index contributed by atoms with van der Waals surface area (Å²) in [7, 11) is 0. The first-order valence-corrected chi connectivity index (χ1v) is 7.60. The number of hydrogen-bond acceptors (Lipinski definition) is 4. The standard InChI is InChI=1S/C14H22ClN3O/c1-2-8-19-13-10-16-9-12(17-13)18-14(11-15)6-4-3-5-7-14/h9-10H,2-8,11H2,1H3,(H,17,18). The van der Waals surface area contributed by atoms with Gasteiger partial charge in [0.05, 0.1) is 24.5 Å². The maximum Gasteiger partial charge on any atom is 0.234 e. The van der Waals surface area contributed by atoms with Crippen molar-refractivity contribution in [3.05, 3.63) is 12.4 Å². The van der Waals surface area contributed by atoms with Crippen molar-refractivity contribution in [2.24, 2.45) is 0 Å². The number of nitrogens with zero attached hydrogens (tertiary/aromatic N) is 2. The van der Waals surface area contributed by atoms with E-state index in [2.05, 4.69) is 22.2 Å². The van der Waals surface area contributed by atoms with E-state index in [1.807, 2.05) is 0 Å². The van der Waals surface area contributed by atoms with Gasteiger partial charge in [-0.3, -0.25) is 4.98 Å². The third kappa shape index (κ3) is 3.96. The molecule has 0 unspecified atom stereocenters. The van der Waals surface area contributed by atoms with Crippen LogP contribution in [0.25, 0.3) is 0 Å². The van der Waals surface area contributed by atoms with E-state index in [1.54, 1.807) is 12.4 Å². The van der Waals surface area contributed by atoms with Crippen molar-refractivity contribution in [2.45, 2.75) is 51.0 Å². The largest absolute Gasteiger partial charge is 0.477 e. The highest BCUT2D eigenvalue weighted by Gasteiger charge is 2.31. The van der Waals surface area contributed by atoms with Crippen molar-refractivity contribution in [3.8, 4) is 5.88 Å². The van der Waals surface area contributed by atoms with Gasteiger partial charge >= 0.3 is 0 Å². The highest BCUT2D eigenvalue weighted by atomic mass is 35.5. The molecule has 1 aliphatic carbocycles. The van der Waals surface area contributed by atoms with Gasteiger partial charge in [-0.15, -0.1) is 11.6 Å². The van der Waals surface area contributed by atoms with E-state index in [1.165, 1.54) is 19.3 Å². The summed E-state index contributed by atoms with van der Waals surface area (Å²) in [5.41, 5.74) is -0.0299. The Kier molecular flexibility index (Phi) is 5.25. The Morgan fingerprint density at radius 1 is 1.32 bits per heavy atom. The van der Waals surface area contributed by atoms with Gasteiger partial charge in [-0.25, -0.2) is 0 Å². The predicted octanol–water partition coefficient (Wildman–Crippen LogP) is 3.62. The molecule has 2 rings (SSSR count). The van der Waals surface area contributed by atoms with Gasteiger partial charge in [0.1, 0.15) is 5.82 Å². The lowest BCUT2D eigenvalue weighted by atomic mass is 9.83. The van der Waals surface area contributed by atoms with Gasteiger partial charge in [0.2, 0.25) is 5.88 Å². The summed E-state index contributed by atoms with van der Waals surface area (Å²) in [6.45, 7) is 2.73. The van der Waals surface area contributed by atoms with Crippen molar-refractivity contribution < 1.29 is 4.74 Å². The fourth-order valence-electron chi connectivity index (χ4n) is 2.48. The van der Waals surface area contributed by atoms with E-state index < -0.39 is 0 Å². The van der Waals surface area contributed by atoms with Crippen LogP contribution in [0.2, 0.25) is 0 Å². The molecule has 0 aromatic carbocycles. The zero-order chi connectivity index (χ0) is 13.6. The van der Waals surface area contributed by atoms with Gasteiger partial charge in [0.25, 0.3) is 0 Å². The molecule has 5 heteroatoms. The lowest BCUT2D eigenvalue weighted by Crippen LogP contribution is -2.42. The Morgan fingerprint density at radius 3 is 2.79 bits per heavy atom. The monoisotopic (exact) mass is 283 g/mol. The Labute approximate surface area is 119 Å². The van der Waals surface area contributed by atoms with Crippen LogP contribution in [0.1, 0.15) is 45.4 Å². The van der Waals surface area contributed by atoms with E-state index in [9.17, 15) is 0 Å². The predicted molar refractivity (Wildman–Crippen MR) is 78.0 cm³/mol. The summed E-state index contributed by atoms with van der Waals surface area (Å²) < 4.78 is 5.50. The summed E-state index contributed by atoms with van der Waals surface area (Å²) in [6.07, 6.45) is 10.3. The van der Waals surface area contributed by atoms with Crippen molar-refractivity contribution in [1.82, 2.24) is 9.97 Å². The molecule has 0 atom stereocenters. The summed E-state index contributed by atoms with van der Waals surface area (Å²) in [5, 5.41) is 3.48. The third-order valence-corrected chi connectivity index (χ3v) is 4.04. The number of ether oxygens (including phenoxy) is 1. The number of nitrogens with one attached hydrogen (secondary N) is 1. The van der Waals surface area contributed by atoms with Gasteiger partial charge < -0.3 is 10.1 Å². The molecule has 1 fully saturated rings. The second-order valence-corrected chi connectivity index (χ2v) is 5.46. The SMILES string of the molecule is CCCOc1cncc(NC2(CCl)CCCCC2)n1. The highest BCUT2D eigenvalue weighted by Crippen LogP contribution is 2.32. The maximum absolute atomic E-state index is 6.17. The minimum atomic E-state index is -0.0299. The quantitative estimate of drug-likeness (QED) is 0.810. The van der Waals surface area contributed by atoms with Crippen LogP contribution in [0.5, 0.6) is 5.88 Å². The van der Waals surface area contributed by atoms with Gasteiger partial charge in [-0.1, -0.05) is 26.2 Å². The molecular formula is C14H22ClN3O. The molecule has 1 saturated carbocycles. The first-order chi connectivity index (χ1) is 9.28. The number of halogens is 1. The van der Waals surface area contributed by atoms with Crippen LogP contribution in [0, 0.1) is 0 Å². The van der Waals surface area contributed by atoms with Crippen LogP contribution in [0.4, 0.5) is 5.82 Å². The van der Waals surface area contributed by atoms with Gasteiger partial charge in [0, 0.05) is 5.88 Å². The summed E-state index contributed by atoms with van der Waals surface area (Å²) in [4.78, 5) is 8.62. The van der Waals surface area contributed by atoms with Crippen LogP contribution >= 0.6 is 11.6 Å². The topological polar surface area (TPSA) is 47.0 Å². The lowest BCUT2D eigenvalue weighted by Gasteiger charge is -2.36. The Balaban J connectivity index is 2.04. The van der Waals surface area contributed by atoms with E-state index in [-0.39, 0.29) is 5.54 Å². The van der Waals surface area contributed by atoms with Crippen molar-refractivity contribution in [3.63, 3.8) is 0 Å². The molecular weight excluding hydrogens is 262 g/mol. The van der Waals surface area contributed by atoms with Crippen molar-refractivity contribution in [2.75, 3.05) is 17.8 Å². The van der Waals surface area contributed by atoms with E-state index >= 15 is 0 Å². The van der Waals surface area contributed by atoms with Crippen LogP contribution in [-0.2, 0) is 0 Å². The van der Waals surface area contributed by atoms with Crippen LogP contribution in [-0.4, -0.2) is 28.0 Å². The van der Waals surface area contributed by atoms with Crippen molar-refractivity contribution >= 4 is 17.4 Å². The lowest BCUT2D eigenvalue weighted by molar-refractivity contribution is 0.303. The smallest absolute Gasteiger partial charge is 0.234 e.